The number of anilines is 3. The highest BCUT2D eigenvalue weighted by molar-refractivity contribution is 6.03. The maximum atomic E-state index is 14.0. The Morgan fingerprint density at radius 1 is 0.917 bits per heavy atom. The van der Waals surface area contributed by atoms with Gasteiger partial charge in [0.05, 0.1) is 23.8 Å². The predicted octanol–water partition coefficient (Wildman–Crippen LogP) is 3.34. The van der Waals surface area contributed by atoms with Crippen molar-refractivity contribution >= 4 is 34.7 Å². The Bertz CT molecular complexity index is 1290. The topological polar surface area (TPSA) is 125 Å². The van der Waals surface area contributed by atoms with E-state index in [1.54, 1.807) is 0 Å². The minimum absolute atomic E-state index is 0.0427. The molecule has 2 amide bonds. The number of amides is 2. The van der Waals surface area contributed by atoms with Gasteiger partial charge in [0.25, 0.3) is 5.91 Å². The Kier molecular flexibility index (Phi) is 5.90. The van der Waals surface area contributed by atoms with Gasteiger partial charge in [0, 0.05) is 36.3 Å². The molecule has 3 saturated carbocycles. The average Bonchev–Trinajstić information content (AvgIpc) is 3.80. The monoisotopic (exact) mass is 492 g/mol. The molecule has 0 saturated heterocycles. The second-order valence-electron chi connectivity index (χ2n) is 10.0. The third kappa shape index (κ3) is 4.95. The molecule has 0 aromatic carbocycles. The summed E-state index contributed by atoms with van der Waals surface area (Å²) in [7, 11) is 0. The van der Waals surface area contributed by atoms with Crippen LogP contribution < -0.4 is 21.3 Å². The fraction of sp³-hybridized carbons (Fsp3) is 0.480. The van der Waals surface area contributed by atoms with E-state index in [4.69, 9.17) is 0 Å². The second kappa shape index (κ2) is 9.36. The molecule has 3 aromatic heterocycles. The van der Waals surface area contributed by atoms with Crippen LogP contribution in [0.15, 0.2) is 30.7 Å². The average molecular weight is 493 g/mol. The molecule has 0 unspecified atom stereocenters. The van der Waals surface area contributed by atoms with E-state index in [2.05, 4.69) is 36.3 Å². The number of nitrogens with one attached hydrogen (secondary N) is 4. The molecule has 3 aliphatic rings. The van der Waals surface area contributed by atoms with E-state index in [1.165, 1.54) is 23.0 Å². The Hall–Kier alpha value is -3.76. The molecule has 10 nitrogen and oxygen atoms in total. The summed E-state index contributed by atoms with van der Waals surface area (Å²) < 4.78 is 15.5. The molecule has 3 aliphatic carbocycles. The van der Waals surface area contributed by atoms with Crippen LogP contribution in [0.25, 0.3) is 5.65 Å². The van der Waals surface area contributed by atoms with Crippen LogP contribution in [-0.4, -0.2) is 49.5 Å². The first-order chi connectivity index (χ1) is 17.5. The maximum Gasteiger partial charge on any atom is 0.276 e. The minimum Gasteiger partial charge on any atom is -0.379 e. The molecule has 4 N–H and O–H groups in total. The Balaban J connectivity index is 1.20. The zero-order valence-electron chi connectivity index (χ0n) is 19.8. The summed E-state index contributed by atoms with van der Waals surface area (Å²) in [5, 5.41) is 17.4. The van der Waals surface area contributed by atoms with Crippen LogP contribution in [-0.2, 0) is 4.79 Å². The van der Waals surface area contributed by atoms with Crippen molar-refractivity contribution in [2.75, 3.05) is 16.0 Å². The van der Waals surface area contributed by atoms with Crippen molar-refractivity contribution < 1.29 is 14.0 Å². The van der Waals surface area contributed by atoms with Crippen LogP contribution in [0, 0.1) is 11.7 Å². The smallest absolute Gasteiger partial charge is 0.276 e. The normalized spacial score (nSPS) is 21.7. The lowest BCUT2D eigenvalue weighted by molar-refractivity contribution is -0.123. The number of rotatable bonds is 8. The molecular weight excluding hydrogens is 463 g/mol. The van der Waals surface area contributed by atoms with Gasteiger partial charge in [0.1, 0.15) is 5.82 Å². The van der Waals surface area contributed by atoms with Crippen LogP contribution in [0.4, 0.5) is 21.6 Å². The third-order valence-corrected chi connectivity index (χ3v) is 7.03. The van der Waals surface area contributed by atoms with Gasteiger partial charge >= 0.3 is 0 Å². The van der Waals surface area contributed by atoms with Crippen LogP contribution in [0.3, 0.4) is 0 Å². The van der Waals surface area contributed by atoms with Gasteiger partial charge in [0.2, 0.25) is 5.91 Å². The molecule has 3 heterocycles. The molecule has 11 heteroatoms. The van der Waals surface area contributed by atoms with E-state index in [1.807, 2.05) is 6.07 Å². The number of carbonyl (C=O) groups excluding carboxylic acids is 2. The summed E-state index contributed by atoms with van der Waals surface area (Å²) in [5.74, 6) is -0.0625. The van der Waals surface area contributed by atoms with Crippen LogP contribution in [0.1, 0.15) is 61.9 Å². The van der Waals surface area contributed by atoms with Crippen molar-refractivity contribution in [1.82, 2.24) is 24.9 Å². The molecule has 0 aliphatic heterocycles. The van der Waals surface area contributed by atoms with Crippen molar-refractivity contribution in [2.24, 2.45) is 5.92 Å². The number of pyridine rings is 1. The van der Waals surface area contributed by atoms with E-state index < -0.39 is 11.7 Å². The van der Waals surface area contributed by atoms with Crippen molar-refractivity contribution in [2.45, 2.75) is 69.5 Å². The van der Waals surface area contributed by atoms with Crippen LogP contribution in [0.2, 0.25) is 0 Å². The first-order valence-corrected chi connectivity index (χ1v) is 12.7. The number of hydrogen-bond acceptors (Lipinski definition) is 7. The largest absolute Gasteiger partial charge is 0.379 e. The number of fused-ring (bicyclic) bond motifs is 1. The fourth-order valence-corrected chi connectivity index (χ4v) is 4.67. The number of nitrogens with zero attached hydrogens (tertiary/aromatic N) is 4. The lowest BCUT2D eigenvalue weighted by Crippen LogP contribution is -2.40. The van der Waals surface area contributed by atoms with E-state index in [0.29, 0.717) is 17.5 Å². The van der Waals surface area contributed by atoms with E-state index in [9.17, 15) is 14.0 Å². The molecule has 0 bridgehead atoms. The molecular formula is C25H29FN8O2. The van der Waals surface area contributed by atoms with Gasteiger partial charge < -0.3 is 21.3 Å². The number of imidazole rings is 1. The van der Waals surface area contributed by atoms with Crippen molar-refractivity contribution in [1.29, 1.82) is 0 Å². The predicted molar refractivity (Wildman–Crippen MR) is 132 cm³/mol. The molecule has 36 heavy (non-hydrogen) atoms. The highest BCUT2D eigenvalue weighted by atomic mass is 19.1. The lowest BCUT2D eigenvalue weighted by atomic mass is 9.91. The zero-order chi connectivity index (χ0) is 24.6. The van der Waals surface area contributed by atoms with Crippen LogP contribution >= 0.6 is 0 Å². The number of carbonyl (C=O) groups is 2. The SMILES string of the molecule is O=C(Nc1ccncc1F)c1cnc2c(NC3CC3)cc(N[C@H]3CC[C@H](NC(=O)C4CC4)CC3)nn12. The van der Waals surface area contributed by atoms with Gasteiger partial charge in [-0.05, 0) is 57.4 Å². The van der Waals surface area contributed by atoms with Crippen LogP contribution in [0.5, 0.6) is 0 Å². The summed E-state index contributed by atoms with van der Waals surface area (Å²) in [6.07, 6.45) is 11.8. The van der Waals surface area contributed by atoms with E-state index in [0.717, 1.165) is 63.3 Å². The summed E-state index contributed by atoms with van der Waals surface area (Å²) in [6, 6.07) is 4.17. The molecule has 3 fully saturated rings. The van der Waals surface area contributed by atoms with Gasteiger partial charge in [-0.15, -0.1) is 5.10 Å². The van der Waals surface area contributed by atoms with Gasteiger partial charge in [-0.25, -0.2) is 13.9 Å². The number of hydrogen-bond donors (Lipinski definition) is 4. The first-order valence-electron chi connectivity index (χ1n) is 12.7. The molecule has 0 atom stereocenters. The van der Waals surface area contributed by atoms with Gasteiger partial charge in [-0.3, -0.25) is 14.6 Å². The standard InChI is InChI=1S/C25H29FN8O2/c26-18-12-27-10-9-19(18)32-25(36)21-13-28-23-20(29-15-3-4-15)11-22(33-34(21)23)30-16-5-7-17(8-6-16)31-24(35)14-1-2-14/h9-17,29H,1-8H2,(H,30,33)(H,31,35)(H,27,32,36)/t16-,17-. The number of halogens is 1. The van der Waals surface area contributed by atoms with Crippen molar-refractivity contribution in [3.63, 3.8) is 0 Å². The third-order valence-electron chi connectivity index (χ3n) is 7.03. The maximum absolute atomic E-state index is 14.0. The number of aromatic nitrogens is 4. The Labute approximate surface area is 207 Å². The van der Waals surface area contributed by atoms with Crippen molar-refractivity contribution in [3.05, 3.63) is 42.2 Å². The molecule has 0 spiro atoms. The lowest BCUT2D eigenvalue weighted by Gasteiger charge is -2.30. The first kappa shape index (κ1) is 22.7. The Morgan fingerprint density at radius 2 is 1.64 bits per heavy atom. The minimum atomic E-state index is -0.616. The van der Waals surface area contributed by atoms with E-state index >= 15 is 0 Å². The van der Waals surface area contributed by atoms with Crippen molar-refractivity contribution in [3.8, 4) is 0 Å². The molecule has 188 valence electrons. The second-order valence-corrected chi connectivity index (χ2v) is 10.0. The Morgan fingerprint density at radius 3 is 2.36 bits per heavy atom. The van der Waals surface area contributed by atoms with E-state index in [-0.39, 0.29) is 35.3 Å². The molecule has 3 aromatic rings. The van der Waals surface area contributed by atoms with Gasteiger partial charge in [0.15, 0.2) is 17.2 Å². The summed E-state index contributed by atoms with van der Waals surface area (Å²) >= 11 is 0. The highest BCUT2D eigenvalue weighted by Crippen LogP contribution is 2.31. The summed E-state index contributed by atoms with van der Waals surface area (Å²) in [5.41, 5.74) is 1.59. The quantitative estimate of drug-likeness (QED) is 0.380. The molecule has 0 radical (unpaired) electrons. The fourth-order valence-electron chi connectivity index (χ4n) is 4.67. The zero-order valence-corrected chi connectivity index (χ0v) is 19.8. The molecule has 6 rings (SSSR count). The summed E-state index contributed by atoms with van der Waals surface area (Å²) in [6.45, 7) is 0. The summed E-state index contributed by atoms with van der Waals surface area (Å²) in [4.78, 5) is 33.2. The highest BCUT2D eigenvalue weighted by Gasteiger charge is 2.32. The van der Waals surface area contributed by atoms with Gasteiger partial charge in [-0.2, -0.15) is 0 Å². The van der Waals surface area contributed by atoms with Gasteiger partial charge in [-0.1, -0.05) is 0 Å².